The van der Waals surface area contributed by atoms with E-state index in [4.69, 9.17) is 55.3 Å². The molecule has 6 saturated heterocycles. The van der Waals surface area contributed by atoms with Gasteiger partial charge in [-0.05, 0) is 91.6 Å². The van der Waals surface area contributed by atoms with Gasteiger partial charge in [0.25, 0.3) is 5.89 Å². The summed E-state index contributed by atoms with van der Waals surface area (Å²) in [6.45, 7) is 7.82. The SMILES string of the molecule is C=CC(=O)N1CC[C@@H](N(C)c2nc(OC[C@@]34CCCN3C(c3cc(Cl)c5c(-c6ncc7c(N(C)[C@@H]8CCN(C(=O)/C=C/c9nc(C%10COC%10)no9)C8)nc(OC[C@@]89CCCN8CC(F)C9)nc7c6F)cccc5c3)=C(F)C4)nc3c(F)c(-c4cc(O)cc5ccccc45)ncc23)C1. The summed E-state index contributed by atoms with van der Waals surface area (Å²) >= 11 is 7.36. The Balaban J connectivity index is 0.694. The minimum Gasteiger partial charge on any atom is -0.508 e. The lowest BCUT2D eigenvalue weighted by Crippen LogP contribution is -2.44. The molecule has 21 nitrogen and oxygen atoms in total. The number of aromatic hydroxyl groups is 1. The normalized spacial score (nSPS) is 22.7. The molecule has 16 rings (SSSR count). The van der Waals surface area contributed by atoms with Gasteiger partial charge in [-0.15, -0.1) is 0 Å². The third-order valence-corrected chi connectivity index (χ3v) is 21.2. The zero-order valence-electron chi connectivity index (χ0n) is 53.2. The molecule has 6 fully saturated rings. The number of aromatic nitrogens is 8. The Labute approximate surface area is 559 Å². The van der Waals surface area contributed by atoms with Crippen molar-refractivity contribution in [3.8, 4) is 40.3 Å². The first-order valence-corrected chi connectivity index (χ1v) is 33.1. The van der Waals surface area contributed by atoms with E-state index in [0.717, 1.165) is 19.4 Å². The van der Waals surface area contributed by atoms with Gasteiger partial charge < -0.3 is 48.3 Å². The Morgan fingerprint density at radius 1 is 0.753 bits per heavy atom. The van der Waals surface area contributed by atoms with Crippen molar-refractivity contribution in [3.05, 3.63) is 138 Å². The number of likely N-dealkylation sites (tertiary alicyclic amines) is 2. The quantitative estimate of drug-likeness (QED) is 0.0662. The van der Waals surface area contributed by atoms with Gasteiger partial charge in [-0.25, -0.2) is 17.6 Å². The van der Waals surface area contributed by atoms with E-state index in [2.05, 4.69) is 26.6 Å². The van der Waals surface area contributed by atoms with Crippen LogP contribution in [-0.4, -0.2) is 192 Å². The molecule has 0 radical (unpaired) electrons. The van der Waals surface area contributed by atoms with Crippen LogP contribution in [0.5, 0.6) is 17.8 Å². The van der Waals surface area contributed by atoms with Gasteiger partial charge in [0.05, 0.1) is 46.7 Å². The van der Waals surface area contributed by atoms with Gasteiger partial charge >= 0.3 is 12.0 Å². The van der Waals surface area contributed by atoms with E-state index in [1.165, 1.54) is 36.7 Å². The molecule has 1 N–H and O–H groups in total. The van der Waals surface area contributed by atoms with Crippen LogP contribution in [0.25, 0.3) is 77.6 Å². The third-order valence-electron chi connectivity index (χ3n) is 20.9. The first-order chi connectivity index (χ1) is 47.0. The van der Waals surface area contributed by atoms with Crippen LogP contribution < -0.4 is 19.3 Å². The number of hydrogen-bond donors (Lipinski definition) is 1. The van der Waals surface area contributed by atoms with E-state index in [1.807, 2.05) is 65.2 Å². The van der Waals surface area contributed by atoms with Crippen LogP contribution in [-0.2, 0) is 14.3 Å². The molecular weight excluding hydrogens is 1270 g/mol. The van der Waals surface area contributed by atoms with Crippen molar-refractivity contribution in [2.75, 3.05) is 96.1 Å². The second-order valence-electron chi connectivity index (χ2n) is 26.6. The number of anilines is 2. The van der Waals surface area contributed by atoms with Crippen LogP contribution in [0.15, 0.2) is 108 Å². The van der Waals surface area contributed by atoms with Crippen LogP contribution in [0.4, 0.5) is 29.2 Å². The number of benzene rings is 4. The molecule has 97 heavy (non-hydrogen) atoms. The van der Waals surface area contributed by atoms with Gasteiger partial charge in [0.1, 0.15) is 65.0 Å². The summed E-state index contributed by atoms with van der Waals surface area (Å²) in [5.41, 5.74) is -0.179. The van der Waals surface area contributed by atoms with Gasteiger partial charge in [-0.3, -0.25) is 24.5 Å². The summed E-state index contributed by atoms with van der Waals surface area (Å²) in [4.78, 5) is 70.6. The highest BCUT2D eigenvalue weighted by atomic mass is 35.5. The zero-order valence-corrected chi connectivity index (χ0v) is 54.0. The average Bonchev–Trinajstić information content (AvgIpc) is 1.47. The zero-order chi connectivity index (χ0) is 66.6. The van der Waals surface area contributed by atoms with Gasteiger partial charge in [0, 0.05) is 130 Å². The average molecular weight is 1340 g/mol. The molecule has 26 heteroatoms. The molecule has 5 aromatic heterocycles. The topological polar surface area (TPSA) is 218 Å². The van der Waals surface area contributed by atoms with Crippen molar-refractivity contribution < 1.29 is 51.0 Å². The lowest BCUT2D eigenvalue weighted by Gasteiger charge is -2.35. The number of hydrogen-bond acceptors (Lipinski definition) is 19. The van der Waals surface area contributed by atoms with Crippen molar-refractivity contribution in [1.82, 2.24) is 59.6 Å². The largest absolute Gasteiger partial charge is 0.508 e. The summed E-state index contributed by atoms with van der Waals surface area (Å²) in [7, 11) is 3.65. The lowest BCUT2D eigenvalue weighted by atomic mass is 9.95. The first-order valence-electron chi connectivity index (χ1n) is 32.8. The number of likely N-dealkylation sites (N-methyl/N-ethyl adjacent to an activating group) is 2. The van der Waals surface area contributed by atoms with Crippen LogP contribution >= 0.6 is 11.6 Å². The molecule has 9 aromatic rings. The van der Waals surface area contributed by atoms with Crippen LogP contribution in [0.1, 0.15) is 74.6 Å². The molecule has 0 bridgehead atoms. The summed E-state index contributed by atoms with van der Waals surface area (Å²) < 4.78 is 91.2. The number of alkyl halides is 1. The Bertz CT molecular complexity index is 4790. The maximum atomic E-state index is 17.9. The predicted molar refractivity (Wildman–Crippen MR) is 356 cm³/mol. The minimum atomic E-state index is -1.01. The molecule has 4 aromatic carbocycles. The maximum Gasteiger partial charge on any atom is 0.319 e. The molecule has 7 aliphatic rings. The number of ether oxygens (including phenoxy) is 3. The number of halogens is 5. The molecule has 498 valence electrons. The van der Waals surface area contributed by atoms with Crippen LogP contribution in [0.3, 0.4) is 0 Å². The summed E-state index contributed by atoms with van der Waals surface area (Å²) in [5.74, 6) is -0.985. The number of rotatable bonds is 17. The monoisotopic (exact) mass is 1340 g/mol. The number of phenols is 1. The number of carbonyl (C=O) groups is 2. The van der Waals surface area contributed by atoms with E-state index in [9.17, 15) is 14.7 Å². The number of phenolic OH excluding ortho intramolecular Hbond substituents is 1. The van der Waals surface area contributed by atoms with Crippen molar-refractivity contribution in [2.24, 2.45) is 0 Å². The van der Waals surface area contributed by atoms with Crippen molar-refractivity contribution in [1.29, 1.82) is 0 Å². The molecule has 1 unspecified atom stereocenters. The van der Waals surface area contributed by atoms with E-state index in [1.54, 1.807) is 34.1 Å². The highest BCUT2D eigenvalue weighted by Crippen LogP contribution is 2.51. The summed E-state index contributed by atoms with van der Waals surface area (Å²) in [5, 5.41) is 18.0. The molecule has 0 aliphatic carbocycles. The number of pyridine rings is 2. The molecule has 0 spiro atoms. The fourth-order valence-corrected chi connectivity index (χ4v) is 16.1. The highest BCUT2D eigenvalue weighted by molar-refractivity contribution is 6.37. The first kappa shape index (κ1) is 62.2. The standard InChI is InChI=1S/C71H67ClF4N14O7/c1-4-55(92)87-22-16-44(33-87)85(2)67-51-31-78-61(49-27-46(91)25-39-10-5-6-12-47(39)49)59(76)63(51)81-69(83-67)96-38-71-19-9-21-90(71)64(53(74)29-71)41-24-40-11-7-13-48(57(40)52(72)26-41)60-58(75)62-50(30-77-60)66(82-68(80-62)95-37-70-18-8-20-89(70)32-43(73)28-70)86(3)45-17-23-88(34-45)56(93)15-14-54-79-65(84-97-54)42-35-94-36-42/h4-7,10-15,24-27,30-31,42-45,91H,1,8-9,16-23,28-29,32-38H2,2-3H3/b15-14+/t43?,44-,45-,70+,71+/m1/s1. The van der Waals surface area contributed by atoms with Crippen molar-refractivity contribution >= 4 is 90.2 Å². The molecular formula is C71H67ClF4N14O7. The van der Waals surface area contributed by atoms with E-state index in [0.29, 0.717) is 157 Å². The highest BCUT2D eigenvalue weighted by Gasteiger charge is 2.51. The maximum absolute atomic E-state index is 17.9. The summed E-state index contributed by atoms with van der Waals surface area (Å²) in [6.07, 6.45) is 10.5. The van der Waals surface area contributed by atoms with Crippen LogP contribution in [0.2, 0.25) is 5.02 Å². The second kappa shape index (κ2) is 24.5. The van der Waals surface area contributed by atoms with Gasteiger partial charge in [-0.2, -0.15) is 24.9 Å². The minimum absolute atomic E-state index is 0.0257. The fourth-order valence-electron chi connectivity index (χ4n) is 15.7. The van der Waals surface area contributed by atoms with Crippen molar-refractivity contribution in [3.63, 3.8) is 0 Å². The molecule has 7 aliphatic heterocycles. The van der Waals surface area contributed by atoms with Crippen LogP contribution in [0, 0.1) is 11.6 Å². The second-order valence-corrected chi connectivity index (χ2v) is 27.0. The number of fused-ring (bicyclic) bond motifs is 6. The smallest absolute Gasteiger partial charge is 0.319 e. The van der Waals surface area contributed by atoms with E-state index < -0.39 is 34.7 Å². The lowest BCUT2D eigenvalue weighted by molar-refractivity contribution is -0.125. The number of nitrogens with zero attached hydrogens (tertiary/aromatic N) is 14. The van der Waals surface area contributed by atoms with Crippen molar-refractivity contribution in [2.45, 2.75) is 86.6 Å². The molecule has 2 amide bonds. The van der Waals surface area contributed by atoms with E-state index in [-0.39, 0.29) is 101 Å². The van der Waals surface area contributed by atoms with E-state index >= 15 is 17.6 Å². The Hall–Kier alpha value is -9.59. The molecule has 0 saturated carbocycles. The van der Waals surface area contributed by atoms with Gasteiger partial charge in [-0.1, -0.05) is 65.8 Å². The number of amides is 2. The molecule has 12 heterocycles. The Kier molecular flexibility index (Phi) is 15.7. The summed E-state index contributed by atoms with van der Waals surface area (Å²) in [6, 6.07) is 18.4. The van der Waals surface area contributed by atoms with Gasteiger partial charge in [0.2, 0.25) is 11.8 Å². The third kappa shape index (κ3) is 10.9. The fraction of sp³-hybridized carbons (Fsp3) is 0.380. The Morgan fingerprint density at radius 2 is 1.40 bits per heavy atom. The van der Waals surface area contributed by atoms with Gasteiger partial charge in [0.15, 0.2) is 17.5 Å². The predicted octanol–water partition coefficient (Wildman–Crippen LogP) is 11.0. The Morgan fingerprint density at radius 3 is 2.09 bits per heavy atom. The molecule has 5 atom stereocenters. The number of carbonyl (C=O) groups excluding carboxylic acids is 2.